The lowest BCUT2D eigenvalue weighted by Gasteiger charge is -2.11. The number of hydrogen-bond donors (Lipinski definition) is 2. The minimum atomic E-state index is -0.456. The molecule has 45 heavy (non-hydrogen) atoms. The smallest absolute Gasteiger partial charge is 0.268 e. The Hall–Kier alpha value is -5.54. The lowest BCUT2D eigenvalue weighted by atomic mass is 10.0. The highest BCUT2D eigenvalue weighted by molar-refractivity contribution is 7.17. The Balaban J connectivity index is 0.000000505. The van der Waals surface area contributed by atoms with E-state index in [1.807, 2.05) is 54.6 Å². The van der Waals surface area contributed by atoms with Crippen LogP contribution in [0, 0.1) is 6.92 Å². The number of rotatable bonds is 9. The number of amides is 3. The summed E-state index contributed by atoms with van der Waals surface area (Å²) in [5.74, 6) is -0.457. The predicted octanol–water partition coefficient (Wildman–Crippen LogP) is 7.15. The molecule has 8 nitrogen and oxygen atoms in total. The highest BCUT2D eigenvalue weighted by atomic mass is 32.1. The summed E-state index contributed by atoms with van der Waals surface area (Å²) in [5.41, 5.74) is 11.9. The van der Waals surface area contributed by atoms with E-state index in [0.717, 1.165) is 21.6 Å². The predicted molar refractivity (Wildman–Crippen MR) is 182 cm³/mol. The van der Waals surface area contributed by atoms with Crippen LogP contribution in [-0.2, 0) is 16.1 Å². The third-order valence-corrected chi connectivity index (χ3v) is 8.26. The van der Waals surface area contributed by atoms with Gasteiger partial charge >= 0.3 is 0 Å². The van der Waals surface area contributed by atoms with Gasteiger partial charge in [0.1, 0.15) is 0 Å². The molecule has 0 bridgehead atoms. The molecule has 0 unspecified atom stereocenters. The summed E-state index contributed by atoms with van der Waals surface area (Å²) >= 11 is 1.39. The van der Waals surface area contributed by atoms with Gasteiger partial charge in [-0.15, -0.1) is 11.3 Å². The standard InChI is InChI=1S/C29H25N5O3S.C7H8/c1-33(18-35)22-10-11-24-23(17-22)31-29(34(24)15-14-27(30)36)32-28(37)26-13-12-25(38-26)21-9-5-8-20(16-21)19-6-3-2-4-7-19;1-7-5-3-2-4-6-7/h2-13,16-18H,14-15H2,1H3,(H2,30,36)(H,31,32,37);2-6H,1H3. The summed E-state index contributed by atoms with van der Waals surface area (Å²) in [4.78, 5) is 43.4. The molecule has 0 aliphatic rings. The van der Waals surface area contributed by atoms with Crippen molar-refractivity contribution in [2.75, 3.05) is 17.3 Å². The highest BCUT2D eigenvalue weighted by Gasteiger charge is 2.18. The molecule has 9 heteroatoms. The van der Waals surface area contributed by atoms with Crippen LogP contribution in [0.25, 0.3) is 32.6 Å². The molecule has 0 saturated carbocycles. The average molecular weight is 616 g/mol. The van der Waals surface area contributed by atoms with Crippen LogP contribution in [0.2, 0.25) is 0 Å². The number of benzene rings is 4. The molecule has 3 amide bonds. The maximum Gasteiger partial charge on any atom is 0.268 e. The molecule has 3 N–H and O–H groups in total. The molecule has 6 rings (SSSR count). The van der Waals surface area contributed by atoms with E-state index in [9.17, 15) is 14.4 Å². The summed E-state index contributed by atoms with van der Waals surface area (Å²) in [6, 6.07) is 37.7. The van der Waals surface area contributed by atoms with Crippen LogP contribution in [0.1, 0.15) is 21.7 Å². The van der Waals surface area contributed by atoms with E-state index in [0.29, 0.717) is 34.0 Å². The molecule has 6 aromatic rings. The Morgan fingerprint density at radius 1 is 0.867 bits per heavy atom. The number of nitrogens with two attached hydrogens (primary N) is 1. The first-order valence-corrected chi connectivity index (χ1v) is 15.2. The molecular formula is C36H33N5O3S. The fourth-order valence-electron chi connectivity index (χ4n) is 4.74. The van der Waals surface area contributed by atoms with E-state index >= 15 is 0 Å². The van der Waals surface area contributed by atoms with E-state index in [-0.39, 0.29) is 18.9 Å². The molecule has 2 aromatic heterocycles. The number of imidazole rings is 1. The van der Waals surface area contributed by atoms with E-state index < -0.39 is 5.91 Å². The molecule has 4 aromatic carbocycles. The first kappa shape index (κ1) is 30.9. The SMILES string of the molecule is CN(C=O)c1ccc2c(c1)nc(NC(=O)c1ccc(-c3cccc(-c4ccccc4)c3)s1)n2CCC(N)=O.Cc1ccccc1. The van der Waals surface area contributed by atoms with Crippen molar-refractivity contribution in [2.24, 2.45) is 5.73 Å². The van der Waals surface area contributed by atoms with Crippen molar-refractivity contribution in [2.45, 2.75) is 19.9 Å². The van der Waals surface area contributed by atoms with Crippen LogP contribution in [-0.4, -0.2) is 34.8 Å². The number of carbonyl (C=O) groups is 3. The Morgan fingerprint density at radius 2 is 1.56 bits per heavy atom. The number of carbonyl (C=O) groups excluding carboxylic acids is 3. The van der Waals surface area contributed by atoms with Crippen molar-refractivity contribution in [1.82, 2.24) is 9.55 Å². The van der Waals surface area contributed by atoms with Crippen LogP contribution < -0.4 is 16.0 Å². The van der Waals surface area contributed by atoms with Gasteiger partial charge in [-0.1, -0.05) is 84.4 Å². The molecule has 0 aliphatic carbocycles. The monoisotopic (exact) mass is 615 g/mol. The normalized spacial score (nSPS) is 10.5. The number of aryl methyl sites for hydroxylation is 2. The topological polar surface area (TPSA) is 110 Å². The number of nitrogens with zero attached hydrogens (tertiary/aromatic N) is 3. The quantitative estimate of drug-likeness (QED) is 0.168. The van der Waals surface area contributed by atoms with Gasteiger partial charge in [0.25, 0.3) is 5.91 Å². The minimum Gasteiger partial charge on any atom is -0.370 e. The lowest BCUT2D eigenvalue weighted by Crippen LogP contribution is -2.18. The van der Waals surface area contributed by atoms with Gasteiger partial charge in [-0.3, -0.25) is 19.7 Å². The number of hydrogen-bond acceptors (Lipinski definition) is 5. The maximum atomic E-state index is 13.2. The Labute approximate surface area is 265 Å². The van der Waals surface area contributed by atoms with Crippen molar-refractivity contribution in [3.05, 3.63) is 126 Å². The van der Waals surface area contributed by atoms with Gasteiger partial charge in [-0.2, -0.15) is 0 Å². The van der Waals surface area contributed by atoms with Crippen LogP contribution in [0.15, 0.2) is 115 Å². The number of primary amides is 1. The zero-order valence-electron chi connectivity index (χ0n) is 25.0. The summed E-state index contributed by atoms with van der Waals surface area (Å²) in [6.45, 7) is 2.34. The molecule has 0 aliphatic heterocycles. The number of thiophene rings is 1. The van der Waals surface area contributed by atoms with Crippen LogP contribution >= 0.6 is 11.3 Å². The highest BCUT2D eigenvalue weighted by Crippen LogP contribution is 2.32. The minimum absolute atomic E-state index is 0.0885. The van der Waals surface area contributed by atoms with Crippen LogP contribution in [0.5, 0.6) is 0 Å². The summed E-state index contributed by atoms with van der Waals surface area (Å²) < 4.78 is 1.75. The summed E-state index contributed by atoms with van der Waals surface area (Å²) in [7, 11) is 1.64. The Morgan fingerprint density at radius 3 is 2.22 bits per heavy atom. The average Bonchev–Trinajstić information content (AvgIpc) is 3.69. The zero-order valence-corrected chi connectivity index (χ0v) is 25.8. The van der Waals surface area contributed by atoms with Crippen molar-refractivity contribution >= 4 is 52.2 Å². The second kappa shape index (κ2) is 14.3. The van der Waals surface area contributed by atoms with Gasteiger partial charge in [-0.25, -0.2) is 4.98 Å². The lowest BCUT2D eigenvalue weighted by molar-refractivity contribution is -0.118. The first-order chi connectivity index (χ1) is 21.8. The van der Waals surface area contributed by atoms with Crippen molar-refractivity contribution in [3.63, 3.8) is 0 Å². The van der Waals surface area contributed by atoms with Crippen molar-refractivity contribution in [1.29, 1.82) is 0 Å². The summed E-state index contributed by atoms with van der Waals surface area (Å²) in [6.07, 6.45) is 0.795. The molecule has 2 heterocycles. The van der Waals surface area contributed by atoms with Gasteiger partial charge in [0.15, 0.2) is 0 Å². The van der Waals surface area contributed by atoms with E-state index in [1.54, 1.807) is 35.9 Å². The van der Waals surface area contributed by atoms with Gasteiger partial charge in [-0.05, 0) is 60.0 Å². The van der Waals surface area contributed by atoms with E-state index in [1.165, 1.54) is 21.8 Å². The van der Waals surface area contributed by atoms with Crippen LogP contribution in [0.3, 0.4) is 0 Å². The van der Waals surface area contributed by atoms with Gasteiger partial charge in [0.2, 0.25) is 18.3 Å². The molecule has 0 radical (unpaired) electrons. The number of aromatic nitrogens is 2. The van der Waals surface area contributed by atoms with E-state index in [2.05, 4.69) is 53.6 Å². The Bertz CT molecular complexity index is 1930. The largest absolute Gasteiger partial charge is 0.370 e. The van der Waals surface area contributed by atoms with Gasteiger partial charge in [0.05, 0.1) is 15.9 Å². The number of anilines is 2. The maximum absolute atomic E-state index is 13.2. The fraction of sp³-hybridized carbons (Fsp3) is 0.111. The second-order valence-electron chi connectivity index (χ2n) is 10.4. The van der Waals surface area contributed by atoms with E-state index in [4.69, 9.17) is 5.73 Å². The number of fused-ring (bicyclic) bond motifs is 1. The third-order valence-electron chi connectivity index (χ3n) is 7.13. The van der Waals surface area contributed by atoms with Crippen molar-refractivity contribution < 1.29 is 14.4 Å². The third kappa shape index (κ3) is 7.70. The van der Waals surface area contributed by atoms with Crippen molar-refractivity contribution in [3.8, 4) is 21.6 Å². The molecule has 0 saturated heterocycles. The summed E-state index contributed by atoms with van der Waals surface area (Å²) in [5, 5.41) is 2.89. The first-order valence-electron chi connectivity index (χ1n) is 14.4. The molecular weight excluding hydrogens is 582 g/mol. The molecule has 0 fully saturated rings. The number of nitrogens with one attached hydrogen (secondary N) is 1. The fourth-order valence-corrected chi connectivity index (χ4v) is 5.64. The van der Waals surface area contributed by atoms with Crippen LogP contribution in [0.4, 0.5) is 11.6 Å². The molecule has 0 spiro atoms. The van der Waals surface area contributed by atoms with Gasteiger partial charge < -0.3 is 15.2 Å². The molecule has 226 valence electrons. The zero-order chi connectivity index (χ0) is 31.8. The molecule has 0 atom stereocenters. The second-order valence-corrected chi connectivity index (χ2v) is 11.5. The Kier molecular flexibility index (Phi) is 9.81. The van der Waals surface area contributed by atoms with Gasteiger partial charge in [0, 0.05) is 30.6 Å².